The minimum Gasteiger partial charge on any atom is -0.387 e. The Morgan fingerprint density at radius 1 is 1.45 bits per heavy atom. The van der Waals surface area contributed by atoms with Crippen LogP contribution in [0.3, 0.4) is 0 Å². The summed E-state index contributed by atoms with van der Waals surface area (Å²) in [5.41, 5.74) is 3.29. The fraction of sp³-hybridized carbons (Fsp3) is 0.700. The van der Waals surface area contributed by atoms with Gasteiger partial charge in [0.1, 0.15) is 65.3 Å². The summed E-state index contributed by atoms with van der Waals surface area (Å²) < 4.78 is 10.6. The number of hydrazone groups is 1. The zero-order valence-electron chi connectivity index (χ0n) is 10.2. The molecule has 10 heteroatoms. The fourth-order valence-electron chi connectivity index (χ4n) is 2.54. The third kappa shape index (κ3) is 2.20. The van der Waals surface area contributed by atoms with E-state index in [0.717, 1.165) is 0 Å². The van der Waals surface area contributed by atoms with Gasteiger partial charge in [0.2, 0.25) is 0 Å². The predicted molar refractivity (Wildman–Crippen MR) is 78.1 cm³/mol. The highest BCUT2D eigenvalue weighted by molar-refractivity contribution is 14.1. The first kappa shape index (κ1) is 14.1. The van der Waals surface area contributed by atoms with Gasteiger partial charge in [0.25, 0.3) is 0 Å². The number of nitrogens with zero attached hydrogens (tertiary/aromatic N) is 2. The molecule has 20 heavy (non-hydrogen) atoms. The van der Waals surface area contributed by atoms with Gasteiger partial charge in [-0.3, -0.25) is 15.8 Å². The SMILES string of the molecule is N=C1NC=NC2C([C@@H]3O[C@H](COI)C(O)C3O)=NNC12. The number of amidine groups is 1. The summed E-state index contributed by atoms with van der Waals surface area (Å²) in [5.74, 6) is 0.254. The van der Waals surface area contributed by atoms with Crippen LogP contribution in [0.1, 0.15) is 0 Å². The van der Waals surface area contributed by atoms with Gasteiger partial charge in [0.05, 0.1) is 18.7 Å². The van der Waals surface area contributed by atoms with Gasteiger partial charge in [-0.15, -0.1) is 0 Å². The van der Waals surface area contributed by atoms with Crippen molar-refractivity contribution < 1.29 is 18.0 Å². The van der Waals surface area contributed by atoms with E-state index < -0.39 is 30.5 Å². The number of aliphatic hydroxyl groups is 2. The van der Waals surface area contributed by atoms with Gasteiger partial charge >= 0.3 is 0 Å². The Labute approximate surface area is 128 Å². The van der Waals surface area contributed by atoms with Crippen LogP contribution < -0.4 is 10.7 Å². The molecule has 0 bridgehead atoms. The van der Waals surface area contributed by atoms with Crippen LogP contribution in [0.2, 0.25) is 0 Å². The molecule has 0 aromatic heterocycles. The molecule has 0 amide bonds. The first-order valence-corrected chi connectivity index (χ1v) is 6.96. The summed E-state index contributed by atoms with van der Waals surface area (Å²) in [4.78, 5) is 4.22. The van der Waals surface area contributed by atoms with Gasteiger partial charge in [-0.1, -0.05) is 0 Å². The van der Waals surface area contributed by atoms with Crippen molar-refractivity contribution >= 4 is 40.9 Å². The Bertz CT molecular complexity index is 473. The highest BCUT2D eigenvalue weighted by Gasteiger charge is 2.50. The van der Waals surface area contributed by atoms with Crippen molar-refractivity contribution in [2.24, 2.45) is 10.1 Å². The van der Waals surface area contributed by atoms with Crippen LogP contribution in [-0.2, 0) is 7.80 Å². The average Bonchev–Trinajstić information content (AvgIpc) is 2.97. The molecule has 3 aliphatic heterocycles. The summed E-state index contributed by atoms with van der Waals surface area (Å²) >= 11 is 1.71. The maximum absolute atomic E-state index is 10.1. The molecule has 0 aromatic carbocycles. The number of aliphatic hydroxyl groups excluding tert-OH is 2. The van der Waals surface area contributed by atoms with E-state index in [4.69, 9.17) is 13.2 Å². The molecule has 0 radical (unpaired) electrons. The van der Waals surface area contributed by atoms with Crippen LogP contribution in [0, 0.1) is 5.41 Å². The number of ether oxygens (including phenoxy) is 1. The minimum atomic E-state index is -1.09. The van der Waals surface area contributed by atoms with Crippen molar-refractivity contribution in [2.45, 2.75) is 36.5 Å². The highest BCUT2D eigenvalue weighted by Crippen LogP contribution is 2.27. The van der Waals surface area contributed by atoms with Crippen molar-refractivity contribution in [1.29, 1.82) is 5.41 Å². The molecule has 1 saturated heterocycles. The number of halogens is 1. The van der Waals surface area contributed by atoms with Crippen molar-refractivity contribution in [2.75, 3.05) is 6.61 Å². The molecule has 0 aromatic rings. The summed E-state index contributed by atoms with van der Waals surface area (Å²) in [7, 11) is 0. The van der Waals surface area contributed by atoms with Gasteiger partial charge in [-0.05, 0) is 0 Å². The topological polar surface area (TPSA) is 132 Å². The maximum Gasteiger partial charge on any atom is 0.129 e. The molecule has 3 aliphatic rings. The molecule has 1 fully saturated rings. The van der Waals surface area contributed by atoms with Gasteiger partial charge in [-0.2, -0.15) is 5.10 Å². The number of hydrogen-bond acceptors (Lipinski definition) is 8. The molecule has 110 valence electrons. The first-order chi connectivity index (χ1) is 9.63. The highest BCUT2D eigenvalue weighted by atomic mass is 127. The zero-order valence-corrected chi connectivity index (χ0v) is 12.4. The van der Waals surface area contributed by atoms with E-state index in [1.54, 1.807) is 23.0 Å². The second kappa shape index (κ2) is 5.52. The molecular weight excluding hydrogens is 381 g/mol. The average molecular weight is 395 g/mol. The van der Waals surface area contributed by atoms with E-state index in [2.05, 4.69) is 20.8 Å². The van der Waals surface area contributed by atoms with E-state index >= 15 is 0 Å². The Balaban J connectivity index is 1.78. The third-order valence-corrected chi connectivity index (χ3v) is 3.96. The second-order valence-corrected chi connectivity index (χ2v) is 5.40. The summed E-state index contributed by atoms with van der Waals surface area (Å²) in [6, 6.07) is -0.794. The van der Waals surface area contributed by atoms with Gasteiger partial charge in [-0.25, -0.2) is 0 Å². The van der Waals surface area contributed by atoms with Crippen LogP contribution >= 0.6 is 23.0 Å². The van der Waals surface area contributed by atoms with Crippen LogP contribution in [0.4, 0.5) is 0 Å². The number of nitrogens with one attached hydrogen (secondary N) is 3. The molecule has 3 rings (SSSR count). The summed E-state index contributed by atoms with van der Waals surface area (Å²) in [6.07, 6.45) is -2.08. The lowest BCUT2D eigenvalue weighted by Gasteiger charge is -2.24. The monoisotopic (exact) mass is 395 g/mol. The smallest absolute Gasteiger partial charge is 0.129 e. The number of hydrogen-bond donors (Lipinski definition) is 5. The van der Waals surface area contributed by atoms with Crippen molar-refractivity contribution in [3.8, 4) is 0 Å². The summed E-state index contributed by atoms with van der Waals surface area (Å²) in [6.45, 7) is 0.171. The fourth-order valence-corrected chi connectivity index (χ4v) is 2.89. The third-order valence-electron chi connectivity index (χ3n) is 3.60. The largest absolute Gasteiger partial charge is 0.387 e. The molecule has 0 spiro atoms. The predicted octanol–water partition coefficient (Wildman–Crippen LogP) is -1.85. The van der Waals surface area contributed by atoms with Gasteiger partial charge in [0.15, 0.2) is 0 Å². The summed E-state index contributed by atoms with van der Waals surface area (Å²) in [5, 5.41) is 34.6. The van der Waals surface area contributed by atoms with E-state index in [-0.39, 0.29) is 18.5 Å². The molecule has 5 N–H and O–H groups in total. The Kier molecular flexibility index (Phi) is 3.90. The van der Waals surface area contributed by atoms with Crippen LogP contribution in [-0.4, -0.2) is 71.2 Å². The lowest BCUT2D eigenvalue weighted by molar-refractivity contribution is 0.00432. The van der Waals surface area contributed by atoms with Crippen LogP contribution in [0.15, 0.2) is 10.1 Å². The molecule has 4 unspecified atom stereocenters. The minimum absolute atomic E-state index is 0.171. The second-order valence-electron chi connectivity index (χ2n) is 4.78. The lowest BCUT2D eigenvalue weighted by atomic mass is 9.95. The molecular formula is C10H14IN5O4. The standard InChI is InChI=1S/C10H14IN5O4/c11-19-1-3-7(17)8(18)9(20-3)5-4-6(16-15-5)10(12)14-2-13-4/h2-4,6-9,16-18H,1H2,(H2,12,13,14)/t3-,4?,6?,7?,8?,9+/m1/s1. The van der Waals surface area contributed by atoms with E-state index in [1.165, 1.54) is 6.34 Å². The number of fused-ring (bicyclic) bond motifs is 1. The van der Waals surface area contributed by atoms with Gasteiger partial charge in [0, 0.05) is 0 Å². The maximum atomic E-state index is 10.1. The van der Waals surface area contributed by atoms with Gasteiger partial charge < -0.3 is 23.3 Å². The quantitative estimate of drug-likeness (QED) is 0.357. The Morgan fingerprint density at radius 2 is 2.25 bits per heavy atom. The molecule has 0 aliphatic carbocycles. The normalized spacial score (nSPS) is 43.0. The molecule has 6 atom stereocenters. The van der Waals surface area contributed by atoms with Crippen molar-refractivity contribution in [1.82, 2.24) is 10.7 Å². The zero-order chi connectivity index (χ0) is 14.3. The van der Waals surface area contributed by atoms with E-state index in [0.29, 0.717) is 5.71 Å². The van der Waals surface area contributed by atoms with E-state index in [1.807, 2.05) is 0 Å². The van der Waals surface area contributed by atoms with Crippen LogP contribution in [0.5, 0.6) is 0 Å². The number of rotatable bonds is 3. The first-order valence-electron chi connectivity index (χ1n) is 6.08. The Hall–Kier alpha value is -0.820. The molecule has 9 nitrogen and oxygen atoms in total. The molecule has 3 heterocycles. The van der Waals surface area contributed by atoms with Crippen LogP contribution in [0.25, 0.3) is 0 Å². The van der Waals surface area contributed by atoms with Crippen molar-refractivity contribution in [3.63, 3.8) is 0 Å². The Morgan fingerprint density at radius 3 is 3.00 bits per heavy atom. The van der Waals surface area contributed by atoms with Crippen molar-refractivity contribution in [3.05, 3.63) is 0 Å². The number of aliphatic imine (C=N–C) groups is 1. The van der Waals surface area contributed by atoms with E-state index in [9.17, 15) is 10.2 Å². The molecule has 0 saturated carbocycles. The lowest BCUT2D eigenvalue weighted by Crippen LogP contribution is -2.52.